The van der Waals surface area contributed by atoms with Crippen molar-refractivity contribution in [3.05, 3.63) is 231 Å². The van der Waals surface area contributed by atoms with Crippen molar-refractivity contribution < 1.29 is 0 Å². The Kier molecular flexibility index (Phi) is 8.86. The van der Waals surface area contributed by atoms with Gasteiger partial charge in [0.2, 0.25) is 0 Å². The van der Waals surface area contributed by atoms with Crippen LogP contribution in [0.4, 0.5) is 34.1 Å². The van der Waals surface area contributed by atoms with Crippen LogP contribution < -0.4 is 26.2 Å². The summed E-state index contributed by atoms with van der Waals surface area (Å²) in [6, 6.07) is 79.1. The maximum atomic E-state index is 4.72. The van der Waals surface area contributed by atoms with Gasteiger partial charge in [-0.05, 0) is 109 Å². The van der Waals surface area contributed by atoms with Gasteiger partial charge in [0, 0.05) is 39.7 Å². The Balaban J connectivity index is 1.15. The van der Waals surface area contributed by atoms with Crippen molar-refractivity contribution in [2.45, 2.75) is 0 Å². The maximum absolute atomic E-state index is 4.72. The standard InChI is InChI=1S/C57H38BN5/c1-5-13-39(14-6-1)43-21-27-48(28-22-43)62-52-31-25-45(41-17-9-3-10-18-41)33-50(52)58-51-34-46(42-19-11-4-12-20-42)26-32-53(51)63(49-29-23-44(24-30-49)40-15-7-2-8-16-40)55-36-47(35-54(62)56(55)58)57-60-37-59-38-61-57/h1-38H. The molecule has 0 fully saturated rings. The first-order chi connectivity index (χ1) is 31.2. The van der Waals surface area contributed by atoms with Crippen molar-refractivity contribution in [2.75, 3.05) is 9.80 Å². The van der Waals surface area contributed by atoms with E-state index in [0.29, 0.717) is 5.82 Å². The van der Waals surface area contributed by atoms with Crippen LogP contribution in [0.15, 0.2) is 231 Å². The van der Waals surface area contributed by atoms with Gasteiger partial charge in [0.25, 0.3) is 6.71 Å². The Morgan fingerprint density at radius 3 is 1.05 bits per heavy atom. The lowest BCUT2D eigenvalue weighted by atomic mass is 9.33. The average molecular weight is 804 g/mol. The highest BCUT2D eigenvalue weighted by Crippen LogP contribution is 2.47. The normalized spacial score (nSPS) is 12.3. The Bertz CT molecular complexity index is 3060. The van der Waals surface area contributed by atoms with Gasteiger partial charge in [-0.1, -0.05) is 170 Å². The largest absolute Gasteiger partial charge is 0.311 e. The van der Waals surface area contributed by atoms with E-state index in [9.17, 15) is 0 Å². The van der Waals surface area contributed by atoms with Gasteiger partial charge in [-0.25, -0.2) is 15.0 Å². The van der Waals surface area contributed by atoms with E-state index < -0.39 is 0 Å². The molecule has 0 unspecified atom stereocenters. The lowest BCUT2D eigenvalue weighted by Crippen LogP contribution is -2.61. The number of fused-ring (bicyclic) bond motifs is 4. The SMILES string of the molecule is c1ccc(-c2ccc(N3c4ccc(-c5ccccc5)cc4B4c5cc(-c6ccccc6)ccc5N(c5ccc(-c6ccccc6)cc5)c5cc(-c6ncncn6)cc3c54)cc2)cc1. The Labute approximate surface area is 367 Å². The first-order valence-corrected chi connectivity index (χ1v) is 21.4. The summed E-state index contributed by atoms with van der Waals surface area (Å²) in [6.45, 7) is -0.0978. The van der Waals surface area contributed by atoms with Crippen molar-refractivity contribution in [3.8, 4) is 55.9 Å². The Hall–Kier alpha value is -8.35. The van der Waals surface area contributed by atoms with Gasteiger partial charge in [0.1, 0.15) is 12.7 Å². The second kappa shape index (κ2) is 15.3. The fraction of sp³-hybridized carbons (Fsp3) is 0. The van der Waals surface area contributed by atoms with Crippen LogP contribution in [0.3, 0.4) is 0 Å². The summed E-state index contributed by atoms with van der Waals surface area (Å²) in [5.41, 5.74) is 20.6. The molecule has 2 aliphatic heterocycles. The van der Waals surface area contributed by atoms with Gasteiger partial charge in [0.05, 0.1) is 0 Å². The van der Waals surface area contributed by atoms with Gasteiger partial charge in [0.15, 0.2) is 5.82 Å². The molecule has 294 valence electrons. The molecule has 0 atom stereocenters. The van der Waals surface area contributed by atoms with Crippen LogP contribution in [0.2, 0.25) is 0 Å². The van der Waals surface area contributed by atoms with Crippen LogP contribution in [-0.4, -0.2) is 21.7 Å². The number of nitrogens with zero attached hydrogens (tertiary/aromatic N) is 5. The lowest BCUT2D eigenvalue weighted by Gasteiger charge is -2.44. The number of hydrogen-bond acceptors (Lipinski definition) is 5. The molecule has 0 radical (unpaired) electrons. The smallest absolute Gasteiger partial charge is 0.252 e. The molecule has 5 nitrogen and oxygen atoms in total. The van der Waals surface area contributed by atoms with Crippen molar-refractivity contribution in [3.63, 3.8) is 0 Å². The zero-order valence-corrected chi connectivity index (χ0v) is 34.3. The second-order valence-electron chi connectivity index (χ2n) is 16.1. The molecule has 0 bridgehead atoms. The monoisotopic (exact) mass is 803 g/mol. The van der Waals surface area contributed by atoms with E-state index in [1.54, 1.807) is 12.7 Å². The van der Waals surface area contributed by atoms with E-state index in [-0.39, 0.29) is 6.71 Å². The molecule has 12 rings (SSSR count). The molecule has 63 heavy (non-hydrogen) atoms. The molecule has 0 saturated carbocycles. The van der Waals surface area contributed by atoms with Gasteiger partial charge in [-0.3, -0.25) is 0 Å². The third-order valence-electron chi connectivity index (χ3n) is 12.5. The van der Waals surface area contributed by atoms with Crippen LogP contribution >= 0.6 is 0 Å². The van der Waals surface area contributed by atoms with Crippen LogP contribution in [0.5, 0.6) is 0 Å². The van der Waals surface area contributed by atoms with E-state index in [4.69, 9.17) is 9.97 Å². The minimum Gasteiger partial charge on any atom is -0.311 e. The molecule has 0 aliphatic carbocycles. The van der Waals surface area contributed by atoms with Crippen LogP contribution in [0.1, 0.15) is 0 Å². The van der Waals surface area contributed by atoms with E-state index in [1.807, 2.05) is 0 Å². The maximum Gasteiger partial charge on any atom is 0.252 e. The van der Waals surface area contributed by atoms with Gasteiger partial charge in [-0.15, -0.1) is 0 Å². The fourth-order valence-corrected chi connectivity index (χ4v) is 9.57. The van der Waals surface area contributed by atoms with Crippen molar-refractivity contribution in [1.82, 2.24) is 15.0 Å². The molecule has 9 aromatic carbocycles. The van der Waals surface area contributed by atoms with Crippen molar-refractivity contribution >= 4 is 57.2 Å². The highest BCUT2D eigenvalue weighted by molar-refractivity contribution is 7.00. The number of rotatable bonds is 7. The van der Waals surface area contributed by atoms with E-state index in [1.165, 1.54) is 60.9 Å². The summed E-state index contributed by atoms with van der Waals surface area (Å²) < 4.78 is 0. The molecule has 10 aromatic rings. The van der Waals surface area contributed by atoms with Crippen LogP contribution in [0.25, 0.3) is 55.9 Å². The molecule has 3 heterocycles. The lowest BCUT2D eigenvalue weighted by molar-refractivity contribution is 1.05. The molecule has 0 amide bonds. The van der Waals surface area contributed by atoms with E-state index >= 15 is 0 Å². The molecule has 1 aromatic heterocycles. The zero-order valence-electron chi connectivity index (χ0n) is 34.3. The predicted octanol–water partition coefficient (Wildman–Crippen LogP) is 12.3. The molecular weight excluding hydrogens is 765 g/mol. The minimum atomic E-state index is -0.0978. The first-order valence-electron chi connectivity index (χ1n) is 21.4. The topological polar surface area (TPSA) is 45.2 Å². The molecule has 0 N–H and O–H groups in total. The molecular formula is C57H38BN5. The van der Waals surface area contributed by atoms with Crippen molar-refractivity contribution in [2.24, 2.45) is 0 Å². The summed E-state index contributed by atoms with van der Waals surface area (Å²) in [4.78, 5) is 18.5. The summed E-state index contributed by atoms with van der Waals surface area (Å²) >= 11 is 0. The first kappa shape index (κ1) is 36.5. The summed E-state index contributed by atoms with van der Waals surface area (Å²) in [5.74, 6) is 0.620. The fourth-order valence-electron chi connectivity index (χ4n) is 9.57. The minimum absolute atomic E-state index is 0.0978. The zero-order chi connectivity index (χ0) is 41.7. The number of hydrogen-bond donors (Lipinski definition) is 0. The third-order valence-corrected chi connectivity index (χ3v) is 12.5. The molecule has 6 heteroatoms. The summed E-state index contributed by atoms with van der Waals surface area (Å²) in [5, 5.41) is 0. The molecule has 0 saturated heterocycles. The van der Waals surface area contributed by atoms with E-state index in [2.05, 4.69) is 233 Å². The summed E-state index contributed by atoms with van der Waals surface area (Å²) in [7, 11) is 0. The quantitative estimate of drug-likeness (QED) is 0.150. The number of benzene rings is 9. The van der Waals surface area contributed by atoms with Gasteiger partial charge >= 0.3 is 0 Å². The molecule has 2 aliphatic rings. The number of aromatic nitrogens is 3. The summed E-state index contributed by atoms with van der Waals surface area (Å²) in [6.07, 6.45) is 3.16. The predicted molar refractivity (Wildman–Crippen MR) is 261 cm³/mol. The third kappa shape index (κ3) is 6.39. The number of anilines is 6. The van der Waals surface area contributed by atoms with Crippen LogP contribution in [0, 0.1) is 0 Å². The molecule has 0 spiro atoms. The van der Waals surface area contributed by atoms with Gasteiger partial charge in [-0.2, -0.15) is 0 Å². The average Bonchev–Trinajstić information content (AvgIpc) is 3.37. The van der Waals surface area contributed by atoms with Gasteiger partial charge < -0.3 is 9.80 Å². The second-order valence-corrected chi connectivity index (χ2v) is 16.1. The Morgan fingerprint density at radius 2 is 0.651 bits per heavy atom. The van der Waals surface area contributed by atoms with Crippen LogP contribution in [-0.2, 0) is 0 Å². The van der Waals surface area contributed by atoms with E-state index in [0.717, 1.165) is 39.7 Å². The van der Waals surface area contributed by atoms with Crippen molar-refractivity contribution in [1.29, 1.82) is 0 Å². The highest BCUT2D eigenvalue weighted by atomic mass is 15.2. The highest BCUT2D eigenvalue weighted by Gasteiger charge is 2.44. The Morgan fingerprint density at radius 1 is 0.302 bits per heavy atom.